The van der Waals surface area contributed by atoms with E-state index in [0.717, 1.165) is 17.5 Å². The zero-order chi connectivity index (χ0) is 9.26. The Morgan fingerprint density at radius 1 is 1.46 bits per heavy atom. The standard InChI is InChI=1S/C11H14ClN/c1-13-7-8-6-10(8)9-4-2-3-5-11(9)12/h2-5,8,10,13H,6-7H2,1H3/t8-,10+/m0/s1. The number of benzene rings is 1. The van der Waals surface area contributed by atoms with E-state index in [2.05, 4.69) is 17.4 Å². The lowest BCUT2D eigenvalue weighted by Gasteiger charge is -2.02. The van der Waals surface area contributed by atoms with E-state index in [1.54, 1.807) is 0 Å². The van der Waals surface area contributed by atoms with E-state index in [4.69, 9.17) is 11.6 Å². The number of halogens is 1. The molecule has 2 atom stereocenters. The molecule has 1 N–H and O–H groups in total. The zero-order valence-electron chi connectivity index (χ0n) is 7.76. The molecule has 0 bridgehead atoms. The number of rotatable bonds is 3. The SMILES string of the molecule is CNC[C@@H]1C[C@H]1c1ccccc1Cl. The fraction of sp³-hybridized carbons (Fsp3) is 0.455. The van der Waals surface area contributed by atoms with Crippen molar-refractivity contribution in [3.8, 4) is 0 Å². The maximum Gasteiger partial charge on any atom is 0.0440 e. The minimum atomic E-state index is 0.696. The molecule has 1 nitrogen and oxygen atoms in total. The number of hydrogen-bond donors (Lipinski definition) is 1. The molecule has 1 fully saturated rings. The predicted octanol–water partition coefficient (Wildman–Crippen LogP) is 2.66. The fourth-order valence-electron chi connectivity index (χ4n) is 1.89. The third kappa shape index (κ3) is 1.87. The van der Waals surface area contributed by atoms with Gasteiger partial charge in [0.1, 0.15) is 0 Å². The Labute approximate surface area is 84.1 Å². The van der Waals surface area contributed by atoms with Gasteiger partial charge in [-0.3, -0.25) is 0 Å². The molecule has 1 aromatic rings. The summed E-state index contributed by atoms with van der Waals surface area (Å²) >= 11 is 6.10. The van der Waals surface area contributed by atoms with Crippen molar-refractivity contribution in [3.05, 3.63) is 34.9 Å². The summed E-state index contributed by atoms with van der Waals surface area (Å²) in [5.41, 5.74) is 1.32. The highest BCUT2D eigenvalue weighted by Crippen LogP contribution is 2.48. The molecular formula is C11H14ClN. The van der Waals surface area contributed by atoms with Crippen LogP contribution in [0.2, 0.25) is 5.02 Å². The lowest BCUT2D eigenvalue weighted by atomic mass is 10.1. The second-order valence-corrected chi connectivity index (χ2v) is 4.09. The molecule has 1 aliphatic rings. The summed E-state index contributed by atoms with van der Waals surface area (Å²) in [7, 11) is 2.00. The minimum absolute atomic E-state index is 0.696. The molecule has 2 heteroatoms. The van der Waals surface area contributed by atoms with E-state index in [1.165, 1.54) is 12.0 Å². The maximum atomic E-state index is 6.10. The van der Waals surface area contributed by atoms with Gasteiger partial charge in [0.05, 0.1) is 0 Å². The van der Waals surface area contributed by atoms with E-state index in [1.807, 2.05) is 19.2 Å². The average molecular weight is 196 g/mol. The molecule has 1 aliphatic carbocycles. The molecule has 0 radical (unpaired) electrons. The van der Waals surface area contributed by atoms with Crippen molar-refractivity contribution < 1.29 is 0 Å². The first-order valence-corrected chi connectivity index (χ1v) is 5.09. The van der Waals surface area contributed by atoms with Crippen LogP contribution in [-0.2, 0) is 0 Å². The van der Waals surface area contributed by atoms with Crippen LogP contribution < -0.4 is 5.32 Å². The van der Waals surface area contributed by atoms with Gasteiger partial charge in [0, 0.05) is 5.02 Å². The van der Waals surface area contributed by atoms with Gasteiger partial charge in [0.15, 0.2) is 0 Å². The molecule has 2 rings (SSSR count). The third-order valence-electron chi connectivity index (χ3n) is 2.69. The number of nitrogens with one attached hydrogen (secondary N) is 1. The molecule has 0 aromatic heterocycles. The molecule has 1 aromatic carbocycles. The summed E-state index contributed by atoms with van der Waals surface area (Å²) in [5.74, 6) is 1.49. The van der Waals surface area contributed by atoms with Crippen LogP contribution in [0.1, 0.15) is 17.9 Å². The van der Waals surface area contributed by atoms with E-state index in [0.29, 0.717) is 5.92 Å². The van der Waals surface area contributed by atoms with Crippen LogP contribution in [-0.4, -0.2) is 13.6 Å². The van der Waals surface area contributed by atoms with Crippen molar-refractivity contribution in [1.82, 2.24) is 5.32 Å². The Morgan fingerprint density at radius 2 is 2.23 bits per heavy atom. The first kappa shape index (κ1) is 9.04. The van der Waals surface area contributed by atoms with Gasteiger partial charge in [-0.05, 0) is 43.5 Å². The lowest BCUT2D eigenvalue weighted by molar-refractivity contribution is 0.698. The van der Waals surface area contributed by atoms with Crippen LogP contribution in [0.25, 0.3) is 0 Å². The molecule has 0 spiro atoms. The van der Waals surface area contributed by atoms with Gasteiger partial charge in [-0.2, -0.15) is 0 Å². The van der Waals surface area contributed by atoms with Gasteiger partial charge >= 0.3 is 0 Å². The fourth-order valence-corrected chi connectivity index (χ4v) is 2.17. The van der Waals surface area contributed by atoms with Gasteiger partial charge in [-0.15, -0.1) is 0 Å². The van der Waals surface area contributed by atoms with Crippen molar-refractivity contribution in [2.45, 2.75) is 12.3 Å². The first-order valence-electron chi connectivity index (χ1n) is 4.72. The Balaban J connectivity index is 2.07. The van der Waals surface area contributed by atoms with E-state index >= 15 is 0 Å². The minimum Gasteiger partial charge on any atom is -0.319 e. The molecule has 0 aliphatic heterocycles. The number of hydrogen-bond acceptors (Lipinski definition) is 1. The van der Waals surface area contributed by atoms with Gasteiger partial charge in [-0.1, -0.05) is 29.8 Å². The van der Waals surface area contributed by atoms with Crippen LogP contribution in [0.15, 0.2) is 24.3 Å². The summed E-state index contributed by atoms with van der Waals surface area (Å²) in [4.78, 5) is 0. The molecule has 0 saturated heterocycles. The molecule has 0 heterocycles. The van der Waals surface area contributed by atoms with Gasteiger partial charge < -0.3 is 5.32 Å². The quantitative estimate of drug-likeness (QED) is 0.782. The summed E-state index contributed by atoms with van der Waals surface area (Å²) in [6.45, 7) is 1.11. The van der Waals surface area contributed by atoms with E-state index in [9.17, 15) is 0 Å². The highest BCUT2D eigenvalue weighted by Gasteiger charge is 2.38. The third-order valence-corrected chi connectivity index (χ3v) is 3.04. The van der Waals surface area contributed by atoms with Gasteiger partial charge in [0.2, 0.25) is 0 Å². The molecular weight excluding hydrogens is 182 g/mol. The van der Waals surface area contributed by atoms with Crippen LogP contribution in [0.3, 0.4) is 0 Å². The topological polar surface area (TPSA) is 12.0 Å². The Hall–Kier alpha value is -0.530. The molecule has 1 saturated carbocycles. The van der Waals surface area contributed by atoms with Crippen LogP contribution in [0, 0.1) is 5.92 Å². The summed E-state index contributed by atoms with van der Waals surface area (Å²) in [6, 6.07) is 8.17. The first-order chi connectivity index (χ1) is 6.33. The maximum absolute atomic E-state index is 6.10. The van der Waals surface area contributed by atoms with Crippen LogP contribution >= 0.6 is 11.6 Å². The van der Waals surface area contributed by atoms with Crippen LogP contribution in [0.5, 0.6) is 0 Å². The summed E-state index contributed by atoms with van der Waals surface area (Å²) < 4.78 is 0. The molecule has 0 unspecified atom stereocenters. The van der Waals surface area contributed by atoms with Crippen molar-refractivity contribution in [2.75, 3.05) is 13.6 Å². The molecule has 13 heavy (non-hydrogen) atoms. The molecule has 0 amide bonds. The molecule has 70 valence electrons. The van der Waals surface area contributed by atoms with Crippen LogP contribution in [0.4, 0.5) is 0 Å². The second-order valence-electron chi connectivity index (χ2n) is 3.68. The van der Waals surface area contributed by atoms with Gasteiger partial charge in [-0.25, -0.2) is 0 Å². The Bertz CT molecular complexity index is 298. The summed E-state index contributed by atoms with van der Waals surface area (Å²) in [5, 5.41) is 4.13. The lowest BCUT2D eigenvalue weighted by Crippen LogP contribution is -2.10. The highest BCUT2D eigenvalue weighted by atomic mass is 35.5. The predicted molar refractivity (Wildman–Crippen MR) is 56.2 cm³/mol. The average Bonchev–Trinajstić information content (AvgIpc) is 2.86. The van der Waals surface area contributed by atoms with Gasteiger partial charge in [0.25, 0.3) is 0 Å². The monoisotopic (exact) mass is 195 g/mol. The highest BCUT2D eigenvalue weighted by molar-refractivity contribution is 6.31. The van der Waals surface area contributed by atoms with E-state index in [-0.39, 0.29) is 0 Å². The normalized spacial score (nSPS) is 26.0. The summed E-state index contributed by atoms with van der Waals surface area (Å²) in [6.07, 6.45) is 1.28. The van der Waals surface area contributed by atoms with E-state index < -0.39 is 0 Å². The second kappa shape index (κ2) is 3.69. The van der Waals surface area contributed by atoms with Crippen molar-refractivity contribution in [1.29, 1.82) is 0 Å². The Morgan fingerprint density at radius 3 is 2.92 bits per heavy atom. The van der Waals surface area contributed by atoms with Crippen molar-refractivity contribution in [3.63, 3.8) is 0 Å². The zero-order valence-corrected chi connectivity index (χ0v) is 8.51. The largest absolute Gasteiger partial charge is 0.319 e. The van der Waals surface area contributed by atoms with Crippen molar-refractivity contribution >= 4 is 11.6 Å². The van der Waals surface area contributed by atoms with Crippen molar-refractivity contribution in [2.24, 2.45) is 5.92 Å². The smallest absolute Gasteiger partial charge is 0.0440 e. The Kier molecular flexibility index (Phi) is 2.56.